The summed E-state index contributed by atoms with van der Waals surface area (Å²) >= 11 is 0. The van der Waals surface area contributed by atoms with Gasteiger partial charge in [-0.1, -0.05) is 13.3 Å². The van der Waals surface area contributed by atoms with Crippen LogP contribution in [-0.4, -0.2) is 47.6 Å². The van der Waals surface area contributed by atoms with Crippen LogP contribution in [0.15, 0.2) is 0 Å². The summed E-state index contributed by atoms with van der Waals surface area (Å²) in [5, 5.41) is 2.81. The number of nitrogens with zero attached hydrogens (tertiary/aromatic N) is 1. The Kier molecular flexibility index (Phi) is 4.13. The van der Waals surface area contributed by atoms with Crippen LogP contribution in [0.3, 0.4) is 0 Å². The molecule has 0 bridgehead atoms. The number of hydrogen-bond donors (Lipinski definition) is 1. The Morgan fingerprint density at radius 2 is 2.21 bits per heavy atom. The quantitative estimate of drug-likeness (QED) is 0.829. The van der Waals surface area contributed by atoms with E-state index in [0.29, 0.717) is 13.0 Å². The number of amides is 2. The van der Waals surface area contributed by atoms with E-state index < -0.39 is 6.04 Å². The topological polar surface area (TPSA) is 58.6 Å². The maximum Gasteiger partial charge on any atom is 0.245 e. The lowest BCUT2D eigenvalue weighted by Gasteiger charge is -2.41. The molecule has 1 N–H and O–H groups in total. The van der Waals surface area contributed by atoms with Crippen LogP contribution in [0.4, 0.5) is 0 Å². The molecule has 3 unspecified atom stereocenters. The molecule has 2 aliphatic heterocycles. The monoisotopic (exact) mass is 268 g/mol. The van der Waals surface area contributed by atoms with Crippen LogP contribution < -0.4 is 5.32 Å². The second-order valence-corrected chi connectivity index (χ2v) is 5.89. The fraction of sp³-hybridized carbons (Fsp3) is 0.857. The zero-order chi connectivity index (χ0) is 14.0. The van der Waals surface area contributed by atoms with Gasteiger partial charge in [0.25, 0.3) is 0 Å². The molecular weight excluding hydrogens is 244 g/mol. The lowest BCUT2D eigenvalue weighted by molar-refractivity contribution is -0.152. The van der Waals surface area contributed by atoms with E-state index >= 15 is 0 Å². The third-order valence-electron chi connectivity index (χ3n) is 4.13. The second-order valence-electron chi connectivity index (χ2n) is 5.89. The van der Waals surface area contributed by atoms with Gasteiger partial charge in [0.05, 0.1) is 12.1 Å². The van der Waals surface area contributed by atoms with Crippen molar-refractivity contribution in [3.63, 3.8) is 0 Å². The second kappa shape index (κ2) is 5.49. The molecule has 19 heavy (non-hydrogen) atoms. The number of carbonyl (C=O) groups excluding carboxylic acids is 2. The Hall–Kier alpha value is -1.10. The first-order valence-electron chi connectivity index (χ1n) is 7.21. The molecule has 2 amide bonds. The third kappa shape index (κ3) is 2.91. The average molecular weight is 268 g/mol. The van der Waals surface area contributed by atoms with Gasteiger partial charge in [-0.25, -0.2) is 0 Å². The predicted molar refractivity (Wildman–Crippen MR) is 71.6 cm³/mol. The van der Waals surface area contributed by atoms with Crippen molar-refractivity contribution in [2.24, 2.45) is 0 Å². The van der Waals surface area contributed by atoms with Gasteiger partial charge >= 0.3 is 0 Å². The van der Waals surface area contributed by atoms with E-state index in [0.717, 1.165) is 25.9 Å². The summed E-state index contributed by atoms with van der Waals surface area (Å²) < 4.78 is 5.74. The van der Waals surface area contributed by atoms with E-state index in [1.54, 1.807) is 11.8 Å². The van der Waals surface area contributed by atoms with Crippen LogP contribution in [0, 0.1) is 0 Å². The van der Waals surface area contributed by atoms with Gasteiger partial charge in [-0.2, -0.15) is 0 Å². The standard InChI is InChI=1S/C14H24N2O3/c1-4-6-11-13(18)16(10(2)12(17)15-11)9-14(3)7-5-8-19-14/h10-11H,4-9H2,1-3H3,(H,15,17). The highest BCUT2D eigenvalue weighted by Gasteiger charge is 2.42. The highest BCUT2D eigenvalue weighted by molar-refractivity contribution is 5.96. The maximum absolute atomic E-state index is 12.5. The molecule has 2 saturated heterocycles. The van der Waals surface area contributed by atoms with Gasteiger partial charge in [0.1, 0.15) is 12.1 Å². The molecule has 3 atom stereocenters. The first-order valence-corrected chi connectivity index (χ1v) is 7.21. The summed E-state index contributed by atoms with van der Waals surface area (Å²) in [6.45, 7) is 7.09. The van der Waals surface area contributed by atoms with Gasteiger partial charge in [0, 0.05) is 6.61 Å². The van der Waals surface area contributed by atoms with E-state index in [4.69, 9.17) is 4.74 Å². The molecule has 108 valence electrons. The van der Waals surface area contributed by atoms with Crippen molar-refractivity contribution >= 4 is 11.8 Å². The average Bonchev–Trinajstić information content (AvgIpc) is 2.79. The summed E-state index contributed by atoms with van der Waals surface area (Å²) in [5.41, 5.74) is -0.293. The van der Waals surface area contributed by atoms with Crippen molar-refractivity contribution in [2.45, 2.75) is 64.1 Å². The Balaban J connectivity index is 2.11. The van der Waals surface area contributed by atoms with Crippen LogP contribution >= 0.6 is 0 Å². The molecule has 0 saturated carbocycles. The Morgan fingerprint density at radius 1 is 1.47 bits per heavy atom. The predicted octanol–water partition coefficient (Wildman–Crippen LogP) is 1.07. The van der Waals surface area contributed by atoms with Crippen LogP contribution in [0.1, 0.15) is 46.5 Å². The van der Waals surface area contributed by atoms with Crippen molar-refractivity contribution < 1.29 is 14.3 Å². The zero-order valence-corrected chi connectivity index (χ0v) is 12.1. The maximum atomic E-state index is 12.5. The van der Waals surface area contributed by atoms with E-state index in [1.165, 1.54) is 0 Å². The number of carbonyl (C=O) groups is 2. The molecule has 0 radical (unpaired) electrons. The van der Waals surface area contributed by atoms with Gasteiger partial charge in [0.2, 0.25) is 11.8 Å². The first-order chi connectivity index (χ1) is 8.97. The lowest BCUT2D eigenvalue weighted by Crippen LogP contribution is -2.64. The normalized spacial score (nSPS) is 35.6. The summed E-state index contributed by atoms with van der Waals surface area (Å²) in [6.07, 6.45) is 3.55. The van der Waals surface area contributed by atoms with Gasteiger partial charge < -0.3 is 15.0 Å². The Bertz CT molecular complexity index is 364. The molecule has 0 spiro atoms. The van der Waals surface area contributed by atoms with Gasteiger partial charge in [-0.05, 0) is 33.1 Å². The van der Waals surface area contributed by atoms with E-state index in [1.807, 2.05) is 13.8 Å². The minimum absolute atomic E-state index is 0.0330. The largest absolute Gasteiger partial charge is 0.373 e. The van der Waals surface area contributed by atoms with Crippen molar-refractivity contribution in [1.29, 1.82) is 0 Å². The minimum atomic E-state index is -0.401. The molecule has 5 heteroatoms. The number of piperazine rings is 1. The van der Waals surface area contributed by atoms with E-state index in [9.17, 15) is 9.59 Å². The van der Waals surface area contributed by atoms with Crippen LogP contribution in [0.25, 0.3) is 0 Å². The summed E-state index contributed by atoms with van der Waals surface area (Å²) in [4.78, 5) is 26.1. The number of hydrogen-bond acceptors (Lipinski definition) is 3. The van der Waals surface area contributed by atoms with Crippen LogP contribution in [0.5, 0.6) is 0 Å². The molecule has 2 aliphatic rings. The van der Waals surface area contributed by atoms with Crippen molar-refractivity contribution in [1.82, 2.24) is 10.2 Å². The molecule has 2 fully saturated rings. The first kappa shape index (κ1) is 14.3. The Morgan fingerprint density at radius 3 is 2.79 bits per heavy atom. The fourth-order valence-corrected chi connectivity index (χ4v) is 2.91. The van der Waals surface area contributed by atoms with Gasteiger partial charge in [-0.15, -0.1) is 0 Å². The number of ether oxygens (including phenoxy) is 1. The lowest BCUT2D eigenvalue weighted by atomic mass is 9.98. The molecule has 0 aromatic heterocycles. The summed E-state index contributed by atoms with van der Waals surface area (Å²) in [7, 11) is 0. The van der Waals surface area contributed by atoms with E-state index in [2.05, 4.69) is 5.32 Å². The van der Waals surface area contributed by atoms with Crippen LogP contribution in [0.2, 0.25) is 0 Å². The van der Waals surface area contributed by atoms with Crippen LogP contribution in [-0.2, 0) is 14.3 Å². The van der Waals surface area contributed by atoms with Gasteiger partial charge in [-0.3, -0.25) is 9.59 Å². The fourth-order valence-electron chi connectivity index (χ4n) is 2.91. The Labute approximate surface area is 114 Å². The zero-order valence-electron chi connectivity index (χ0n) is 12.1. The van der Waals surface area contributed by atoms with Crippen molar-refractivity contribution in [3.05, 3.63) is 0 Å². The van der Waals surface area contributed by atoms with Gasteiger partial charge in [0.15, 0.2) is 0 Å². The molecule has 5 nitrogen and oxygen atoms in total. The summed E-state index contributed by atoms with van der Waals surface area (Å²) in [6, 6.07) is -0.764. The highest BCUT2D eigenvalue weighted by Crippen LogP contribution is 2.28. The minimum Gasteiger partial charge on any atom is -0.373 e. The molecule has 2 heterocycles. The molecule has 2 rings (SSSR count). The number of rotatable bonds is 4. The molecular formula is C14H24N2O3. The third-order valence-corrected chi connectivity index (χ3v) is 4.13. The highest BCUT2D eigenvalue weighted by atomic mass is 16.5. The SMILES string of the molecule is CCCC1NC(=O)C(C)N(CC2(C)CCCO2)C1=O. The molecule has 0 aromatic carbocycles. The van der Waals surface area contributed by atoms with Crippen molar-refractivity contribution in [3.8, 4) is 0 Å². The molecule has 0 aliphatic carbocycles. The summed E-state index contributed by atoms with van der Waals surface area (Å²) in [5.74, 6) is -0.0229. The molecule has 0 aromatic rings. The van der Waals surface area contributed by atoms with Crippen molar-refractivity contribution in [2.75, 3.05) is 13.2 Å². The smallest absolute Gasteiger partial charge is 0.245 e. The number of nitrogens with one attached hydrogen (secondary N) is 1. The van der Waals surface area contributed by atoms with E-state index in [-0.39, 0.29) is 23.5 Å².